The summed E-state index contributed by atoms with van der Waals surface area (Å²) in [5, 5.41) is 0. The zero-order valence-corrected chi connectivity index (χ0v) is 15.2. The van der Waals surface area contributed by atoms with Crippen LogP contribution in [-0.2, 0) is 13.0 Å². The number of methoxy groups -OCH3 is 1. The third kappa shape index (κ3) is 4.70. The summed E-state index contributed by atoms with van der Waals surface area (Å²) in [6.07, 6.45) is 10.8. The second-order valence-corrected chi connectivity index (χ2v) is 9.11. The molecule has 2 heterocycles. The molecule has 23 heavy (non-hydrogen) atoms. The predicted molar refractivity (Wildman–Crippen MR) is 100 cm³/mol. The maximum Gasteiger partial charge on any atom is 0.118 e. The summed E-state index contributed by atoms with van der Waals surface area (Å²) in [7, 11) is 1.71. The molecule has 3 nitrogen and oxygen atoms in total. The van der Waals surface area contributed by atoms with Crippen molar-refractivity contribution in [2.75, 3.05) is 18.6 Å². The van der Waals surface area contributed by atoms with E-state index in [0.717, 1.165) is 18.7 Å². The van der Waals surface area contributed by atoms with Crippen molar-refractivity contribution < 1.29 is 4.74 Å². The predicted octanol–water partition coefficient (Wildman–Crippen LogP) is 4.48. The summed E-state index contributed by atoms with van der Waals surface area (Å²) in [4.78, 5) is 4.20. The summed E-state index contributed by atoms with van der Waals surface area (Å²) < 4.78 is 7.77. The zero-order chi connectivity index (χ0) is 16.0. The van der Waals surface area contributed by atoms with Crippen LogP contribution in [0.1, 0.15) is 24.8 Å². The van der Waals surface area contributed by atoms with E-state index in [0.29, 0.717) is 4.08 Å². The Bertz CT molecular complexity index is 578. The Morgan fingerprint density at radius 3 is 2.65 bits per heavy atom. The van der Waals surface area contributed by atoms with Gasteiger partial charge < -0.3 is 9.30 Å². The number of ether oxygens (including phenoxy) is 1. The molecule has 1 aliphatic heterocycles. The molecule has 0 unspecified atom stereocenters. The van der Waals surface area contributed by atoms with E-state index in [1.807, 2.05) is 12.5 Å². The molecule has 0 atom stereocenters. The smallest absolute Gasteiger partial charge is 0.118 e. The minimum absolute atomic E-state index is 0.311. The number of hydrogen-bond acceptors (Lipinski definition) is 4. The first-order chi connectivity index (χ1) is 11.3. The largest absolute Gasteiger partial charge is 0.497 e. The molecule has 0 radical (unpaired) electrons. The third-order valence-corrected chi connectivity index (χ3v) is 7.60. The van der Waals surface area contributed by atoms with Gasteiger partial charge in [0.25, 0.3) is 0 Å². The highest BCUT2D eigenvalue weighted by molar-refractivity contribution is 8.18. The van der Waals surface area contributed by atoms with Gasteiger partial charge in [0.15, 0.2) is 0 Å². The van der Waals surface area contributed by atoms with Crippen molar-refractivity contribution in [2.45, 2.75) is 36.3 Å². The van der Waals surface area contributed by atoms with E-state index in [9.17, 15) is 0 Å². The molecule has 1 fully saturated rings. The van der Waals surface area contributed by atoms with Crippen molar-refractivity contribution in [3.63, 3.8) is 0 Å². The fraction of sp³-hybridized carbons (Fsp3) is 0.500. The Labute approximate surface area is 147 Å². The van der Waals surface area contributed by atoms with E-state index in [4.69, 9.17) is 4.74 Å². The van der Waals surface area contributed by atoms with Crippen LogP contribution in [-0.4, -0.2) is 32.2 Å². The molecule has 1 aromatic carbocycles. The topological polar surface area (TPSA) is 27.1 Å². The molecule has 3 rings (SSSR count). The summed E-state index contributed by atoms with van der Waals surface area (Å²) >= 11 is 4.29. The van der Waals surface area contributed by atoms with Crippen LogP contribution in [0.5, 0.6) is 5.75 Å². The number of nitrogens with zero attached hydrogens (tertiary/aromatic N) is 2. The van der Waals surface area contributed by atoms with E-state index in [1.54, 1.807) is 7.11 Å². The Morgan fingerprint density at radius 2 is 2.00 bits per heavy atom. The van der Waals surface area contributed by atoms with Gasteiger partial charge in [0, 0.05) is 18.9 Å². The molecule has 1 saturated heterocycles. The van der Waals surface area contributed by atoms with Gasteiger partial charge in [0.2, 0.25) is 0 Å². The summed E-state index contributed by atoms with van der Waals surface area (Å²) in [5.41, 5.74) is 1.40. The van der Waals surface area contributed by atoms with Crippen molar-refractivity contribution in [1.29, 1.82) is 0 Å². The number of aryl methyl sites for hydroxylation is 1. The number of imidazole rings is 1. The number of hydrogen-bond donors (Lipinski definition) is 0. The molecule has 0 aliphatic carbocycles. The van der Waals surface area contributed by atoms with Crippen molar-refractivity contribution in [3.05, 3.63) is 48.5 Å². The number of thioether (sulfide) groups is 2. The molecule has 0 amide bonds. The molecule has 5 heteroatoms. The van der Waals surface area contributed by atoms with Gasteiger partial charge in [-0.05, 0) is 54.9 Å². The van der Waals surface area contributed by atoms with Crippen LogP contribution in [0.3, 0.4) is 0 Å². The standard InChI is InChI=1S/C18H24N2OS2/c1-21-17-7-5-16(6-8-17)4-2-9-18(22-12-3-13-23-18)14-20-11-10-19-15-20/h5-8,10-11,15H,2-4,9,12-14H2,1H3. The first-order valence-corrected chi connectivity index (χ1v) is 10.1. The lowest BCUT2D eigenvalue weighted by Gasteiger charge is -2.36. The highest BCUT2D eigenvalue weighted by atomic mass is 32.2. The fourth-order valence-electron chi connectivity index (χ4n) is 2.94. The van der Waals surface area contributed by atoms with Gasteiger partial charge in [-0.1, -0.05) is 12.1 Å². The van der Waals surface area contributed by atoms with Gasteiger partial charge in [0.1, 0.15) is 5.75 Å². The van der Waals surface area contributed by atoms with Crippen LogP contribution in [0, 0.1) is 0 Å². The van der Waals surface area contributed by atoms with Crippen LogP contribution in [0.4, 0.5) is 0 Å². The van der Waals surface area contributed by atoms with Crippen LogP contribution >= 0.6 is 23.5 Å². The van der Waals surface area contributed by atoms with Crippen LogP contribution in [0.2, 0.25) is 0 Å². The number of aromatic nitrogens is 2. The Balaban J connectivity index is 1.57. The first kappa shape index (κ1) is 16.8. The van der Waals surface area contributed by atoms with Crippen LogP contribution < -0.4 is 4.74 Å². The molecular weight excluding hydrogens is 324 g/mol. The second-order valence-electron chi connectivity index (χ2n) is 5.90. The lowest BCUT2D eigenvalue weighted by atomic mass is 10.1. The van der Waals surface area contributed by atoms with Gasteiger partial charge in [-0.25, -0.2) is 4.98 Å². The molecule has 1 aromatic heterocycles. The summed E-state index contributed by atoms with van der Waals surface area (Å²) in [6, 6.07) is 8.48. The Kier molecular flexibility index (Phi) is 5.95. The first-order valence-electron chi connectivity index (χ1n) is 8.16. The zero-order valence-electron chi connectivity index (χ0n) is 13.6. The fourth-order valence-corrected chi connectivity index (χ4v) is 6.34. The van der Waals surface area contributed by atoms with Gasteiger partial charge in [0.05, 0.1) is 17.5 Å². The quantitative estimate of drug-likeness (QED) is 0.737. The monoisotopic (exact) mass is 348 g/mol. The lowest BCUT2D eigenvalue weighted by molar-refractivity contribution is 0.414. The maximum absolute atomic E-state index is 5.23. The van der Waals surface area contributed by atoms with E-state index in [-0.39, 0.29) is 0 Å². The molecule has 0 N–H and O–H groups in total. The van der Waals surface area contributed by atoms with E-state index in [2.05, 4.69) is 63.5 Å². The normalized spacial score (nSPS) is 17.1. The van der Waals surface area contributed by atoms with Crippen LogP contribution in [0.25, 0.3) is 0 Å². The van der Waals surface area contributed by atoms with Crippen molar-refractivity contribution >= 4 is 23.5 Å². The second kappa shape index (κ2) is 8.15. The van der Waals surface area contributed by atoms with Gasteiger partial charge >= 0.3 is 0 Å². The molecule has 124 valence electrons. The van der Waals surface area contributed by atoms with E-state index in [1.165, 1.54) is 36.3 Å². The lowest BCUT2D eigenvalue weighted by Crippen LogP contribution is -2.30. The van der Waals surface area contributed by atoms with Gasteiger partial charge in [-0.2, -0.15) is 0 Å². The Hall–Kier alpha value is -1.07. The van der Waals surface area contributed by atoms with Gasteiger partial charge in [-0.15, -0.1) is 23.5 Å². The highest BCUT2D eigenvalue weighted by Gasteiger charge is 2.33. The van der Waals surface area contributed by atoms with Crippen molar-refractivity contribution in [3.8, 4) is 5.75 Å². The maximum atomic E-state index is 5.23. The number of rotatable bonds is 7. The molecule has 0 spiro atoms. The van der Waals surface area contributed by atoms with Crippen molar-refractivity contribution in [1.82, 2.24) is 9.55 Å². The molecule has 0 saturated carbocycles. The molecular formula is C18H24N2OS2. The number of benzene rings is 1. The average Bonchev–Trinajstić information content (AvgIpc) is 3.09. The van der Waals surface area contributed by atoms with Gasteiger partial charge in [-0.3, -0.25) is 0 Å². The molecule has 1 aliphatic rings. The summed E-state index contributed by atoms with van der Waals surface area (Å²) in [6.45, 7) is 1.06. The minimum atomic E-state index is 0.311. The third-order valence-electron chi connectivity index (χ3n) is 4.18. The molecule has 2 aromatic rings. The Morgan fingerprint density at radius 1 is 1.22 bits per heavy atom. The van der Waals surface area contributed by atoms with E-state index < -0.39 is 0 Å². The highest BCUT2D eigenvalue weighted by Crippen LogP contribution is 2.46. The van der Waals surface area contributed by atoms with Crippen LogP contribution in [0.15, 0.2) is 43.0 Å². The molecule has 0 bridgehead atoms. The SMILES string of the molecule is COc1ccc(CCCC2(Cn3ccnc3)SCCCS2)cc1. The van der Waals surface area contributed by atoms with E-state index >= 15 is 0 Å². The average molecular weight is 349 g/mol. The minimum Gasteiger partial charge on any atom is -0.497 e. The summed E-state index contributed by atoms with van der Waals surface area (Å²) in [5.74, 6) is 3.50. The van der Waals surface area contributed by atoms with Crippen molar-refractivity contribution in [2.24, 2.45) is 0 Å².